The molecule has 3 heterocycles. The first-order chi connectivity index (χ1) is 14.1. The first-order valence-electron chi connectivity index (χ1n) is 9.28. The zero-order valence-electron chi connectivity index (χ0n) is 15.6. The van der Waals surface area contributed by atoms with Crippen molar-refractivity contribution >= 4 is 11.2 Å². The molecule has 1 aliphatic rings. The Bertz CT molecular complexity index is 1180. The van der Waals surface area contributed by atoms with Crippen LogP contribution in [0, 0.1) is 11.6 Å². The van der Waals surface area contributed by atoms with Crippen molar-refractivity contribution in [3.8, 4) is 11.6 Å². The lowest BCUT2D eigenvalue weighted by molar-refractivity contribution is 0.269. The summed E-state index contributed by atoms with van der Waals surface area (Å²) in [5.74, 6) is -0.146. The Morgan fingerprint density at radius 1 is 1.21 bits per heavy atom. The van der Waals surface area contributed by atoms with E-state index in [4.69, 9.17) is 4.74 Å². The Hall–Kier alpha value is -3.43. The Morgan fingerprint density at radius 3 is 2.66 bits per heavy atom. The molecule has 0 radical (unpaired) electrons. The third kappa shape index (κ3) is 3.00. The number of para-hydroxylation sites is 1. The summed E-state index contributed by atoms with van der Waals surface area (Å²) >= 11 is 0. The summed E-state index contributed by atoms with van der Waals surface area (Å²) in [6.07, 6.45) is 4.65. The van der Waals surface area contributed by atoms with E-state index < -0.39 is 11.6 Å². The highest BCUT2D eigenvalue weighted by Gasteiger charge is 2.27. The number of pyridine rings is 1. The standard InChI is InChI=1S/C19H17F2N7O/c1-27-16(22-10-23-27)9-29-19-12(11-4-2-5-11)8-15-18(24-19)28(26-25-15)17-13(20)6-3-7-14(17)21/h3,6-8,10-11H,2,4-5,9H2,1H3. The summed E-state index contributed by atoms with van der Waals surface area (Å²) in [5, 5.41) is 12.0. The fourth-order valence-electron chi connectivity index (χ4n) is 3.41. The fraction of sp³-hybridized carbons (Fsp3) is 0.316. The number of aryl methyl sites for hydroxylation is 1. The van der Waals surface area contributed by atoms with Crippen LogP contribution < -0.4 is 4.74 Å². The van der Waals surface area contributed by atoms with E-state index in [-0.39, 0.29) is 17.9 Å². The molecule has 0 spiro atoms. The predicted octanol–water partition coefficient (Wildman–Crippen LogP) is 3.07. The molecule has 0 N–H and O–H groups in total. The number of ether oxygens (including phenoxy) is 1. The zero-order valence-corrected chi connectivity index (χ0v) is 15.6. The van der Waals surface area contributed by atoms with Crippen LogP contribution in [0.1, 0.15) is 36.6 Å². The van der Waals surface area contributed by atoms with Crippen LogP contribution >= 0.6 is 0 Å². The molecule has 0 saturated heterocycles. The van der Waals surface area contributed by atoms with Crippen molar-refractivity contribution in [1.29, 1.82) is 0 Å². The molecule has 1 saturated carbocycles. The van der Waals surface area contributed by atoms with Gasteiger partial charge in [-0.05, 0) is 37.0 Å². The van der Waals surface area contributed by atoms with Crippen molar-refractivity contribution in [2.45, 2.75) is 31.8 Å². The molecule has 8 nitrogen and oxygen atoms in total. The topological polar surface area (TPSA) is 83.5 Å². The van der Waals surface area contributed by atoms with Crippen LogP contribution in [0.15, 0.2) is 30.6 Å². The fourth-order valence-corrected chi connectivity index (χ4v) is 3.41. The van der Waals surface area contributed by atoms with Gasteiger partial charge in [0.05, 0.1) is 0 Å². The molecule has 0 amide bonds. The molecule has 4 aromatic rings. The molecule has 5 rings (SSSR count). The molecule has 1 fully saturated rings. The van der Waals surface area contributed by atoms with Crippen LogP contribution in [0.2, 0.25) is 0 Å². The van der Waals surface area contributed by atoms with Gasteiger partial charge in [-0.3, -0.25) is 4.68 Å². The van der Waals surface area contributed by atoms with Crippen molar-refractivity contribution < 1.29 is 13.5 Å². The Kier molecular flexibility index (Phi) is 4.18. The maximum atomic E-state index is 14.3. The van der Waals surface area contributed by atoms with E-state index in [2.05, 4.69) is 25.4 Å². The van der Waals surface area contributed by atoms with Crippen LogP contribution in [0.5, 0.6) is 5.88 Å². The maximum absolute atomic E-state index is 14.3. The number of hydrogen-bond acceptors (Lipinski definition) is 6. The Morgan fingerprint density at radius 2 is 2.00 bits per heavy atom. The van der Waals surface area contributed by atoms with Crippen molar-refractivity contribution in [3.05, 3.63) is 53.6 Å². The summed E-state index contributed by atoms with van der Waals surface area (Å²) in [5.41, 5.74) is 1.29. The molecule has 29 heavy (non-hydrogen) atoms. The van der Waals surface area contributed by atoms with E-state index in [0.29, 0.717) is 23.1 Å². The van der Waals surface area contributed by atoms with E-state index in [0.717, 1.165) is 29.5 Å². The van der Waals surface area contributed by atoms with Crippen LogP contribution in [0.25, 0.3) is 16.9 Å². The Balaban J connectivity index is 1.61. The highest BCUT2D eigenvalue weighted by molar-refractivity contribution is 5.74. The van der Waals surface area contributed by atoms with E-state index in [1.807, 2.05) is 6.07 Å². The predicted molar refractivity (Wildman–Crippen MR) is 98.5 cm³/mol. The lowest BCUT2D eigenvalue weighted by Gasteiger charge is -2.26. The van der Waals surface area contributed by atoms with Crippen LogP contribution in [0.4, 0.5) is 8.78 Å². The van der Waals surface area contributed by atoms with Crippen LogP contribution in [-0.4, -0.2) is 34.7 Å². The van der Waals surface area contributed by atoms with Gasteiger partial charge in [-0.2, -0.15) is 14.8 Å². The van der Waals surface area contributed by atoms with E-state index in [9.17, 15) is 8.78 Å². The lowest BCUT2D eigenvalue weighted by atomic mass is 9.80. The number of halogens is 2. The average molecular weight is 397 g/mol. The first kappa shape index (κ1) is 17.7. The number of nitrogens with zero attached hydrogens (tertiary/aromatic N) is 7. The maximum Gasteiger partial charge on any atom is 0.219 e. The van der Waals surface area contributed by atoms with E-state index in [1.165, 1.54) is 24.5 Å². The molecule has 0 atom stereocenters. The van der Waals surface area contributed by atoms with Gasteiger partial charge in [0.2, 0.25) is 5.88 Å². The smallest absolute Gasteiger partial charge is 0.219 e. The van der Waals surface area contributed by atoms with Gasteiger partial charge < -0.3 is 4.74 Å². The Labute approximate surface area is 164 Å². The molecule has 1 aromatic carbocycles. The third-order valence-corrected chi connectivity index (χ3v) is 5.26. The SMILES string of the molecule is Cn1ncnc1COc1nc2c(cc1C1CCC1)nnn2-c1c(F)cccc1F. The van der Waals surface area contributed by atoms with E-state index >= 15 is 0 Å². The number of fused-ring (bicyclic) bond motifs is 1. The van der Waals surface area contributed by atoms with Crippen LogP contribution in [0.3, 0.4) is 0 Å². The van der Waals surface area contributed by atoms with Gasteiger partial charge in [-0.15, -0.1) is 5.10 Å². The largest absolute Gasteiger partial charge is 0.469 e. The normalized spacial score (nSPS) is 14.3. The van der Waals surface area contributed by atoms with Crippen LogP contribution in [-0.2, 0) is 13.7 Å². The summed E-state index contributed by atoms with van der Waals surface area (Å²) < 4.78 is 37.2. The third-order valence-electron chi connectivity index (χ3n) is 5.26. The van der Waals surface area contributed by atoms with Crippen molar-refractivity contribution in [3.63, 3.8) is 0 Å². The minimum atomic E-state index is -0.747. The van der Waals surface area contributed by atoms with Gasteiger partial charge in [0.25, 0.3) is 0 Å². The van der Waals surface area contributed by atoms with Gasteiger partial charge in [0, 0.05) is 12.6 Å². The number of benzene rings is 1. The van der Waals surface area contributed by atoms with Crippen molar-refractivity contribution in [2.75, 3.05) is 0 Å². The number of rotatable bonds is 5. The van der Waals surface area contributed by atoms with E-state index in [1.54, 1.807) is 11.7 Å². The minimum Gasteiger partial charge on any atom is -0.469 e. The molecular formula is C19H17F2N7O. The molecular weight excluding hydrogens is 380 g/mol. The minimum absolute atomic E-state index is 0.171. The first-order valence-corrected chi connectivity index (χ1v) is 9.28. The molecule has 1 aliphatic carbocycles. The summed E-state index contributed by atoms with van der Waals surface area (Å²) in [7, 11) is 1.77. The molecule has 0 unspecified atom stereocenters. The summed E-state index contributed by atoms with van der Waals surface area (Å²) in [6.45, 7) is 0.171. The molecule has 10 heteroatoms. The number of aromatic nitrogens is 7. The second-order valence-electron chi connectivity index (χ2n) is 7.01. The van der Waals surface area contributed by atoms with Gasteiger partial charge in [-0.25, -0.2) is 13.8 Å². The lowest BCUT2D eigenvalue weighted by Crippen LogP contribution is -2.13. The summed E-state index contributed by atoms with van der Waals surface area (Å²) in [4.78, 5) is 8.70. The molecule has 0 aliphatic heterocycles. The average Bonchev–Trinajstić information content (AvgIpc) is 3.24. The van der Waals surface area contributed by atoms with Gasteiger partial charge >= 0.3 is 0 Å². The zero-order chi connectivity index (χ0) is 20.0. The van der Waals surface area contributed by atoms with Gasteiger partial charge in [-0.1, -0.05) is 17.7 Å². The highest BCUT2D eigenvalue weighted by atomic mass is 19.1. The number of hydrogen-bond donors (Lipinski definition) is 0. The van der Waals surface area contributed by atoms with Gasteiger partial charge in [0.15, 0.2) is 23.1 Å². The van der Waals surface area contributed by atoms with Crippen molar-refractivity contribution in [1.82, 2.24) is 34.7 Å². The van der Waals surface area contributed by atoms with Gasteiger partial charge in [0.1, 0.15) is 24.1 Å². The van der Waals surface area contributed by atoms with Crippen molar-refractivity contribution in [2.24, 2.45) is 7.05 Å². The molecule has 0 bridgehead atoms. The summed E-state index contributed by atoms with van der Waals surface area (Å²) in [6, 6.07) is 5.48. The molecule has 148 valence electrons. The molecule has 3 aromatic heterocycles. The quantitative estimate of drug-likeness (QED) is 0.515. The second kappa shape index (κ2) is 6.87. The highest BCUT2D eigenvalue weighted by Crippen LogP contribution is 2.41. The monoisotopic (exact) mass is 397 g/mol. The second-order valence-corrected chi connectivity index (χ2v) is 7.01.